The van der Waals surface area contributed by atoms with E-state index in [-0.39, 0.29) is 9.92 Å². The van der Waals surface area contributed by atoms with Gasteiger partial charge in [0.15, 0.2) is 0 Å². The van der Waals surface area contributed by atoms with Crippen molar-refractivity contribution in [3.63, 3.8) is 0 Å². The van der Waals surface area contributed by atoms with Crippen molar-refractivity contribution < 1.29 is 8.42 Å². The molecule has 0 spiro atoms. The second kappa shape index (κ2) is 8.20. The summed E-state index contributed by atoms with van der Waals surface area (Å²) in [6.07, 6.45) is 1.70. The zero-order valence-electron chi connectivity index (χ0n) is 11.7. The van der Waals surface area contributed by atoms with E-state index in [4.69, 9.17) is 23.2 Å². The van der Waals surface area contributed by atoms with E-state index in [2.05, 4.69) is 17.0 Å². The maximum absolute atomic E-state index is 12.2. The van der Waals surface area contributed by atoms with E-state index in [1.807, 2.05) is 6.92 Å². The molecule has 0 bridgehead atoms. The molecule has 1 aromatic rings. The van der Waals surface area contributed by atoms with E-state index >= 15 is 0 Å². The molecule has 0 unspecified atom stereocenters. The minimum absolute atomic E-state index is 0.0356. The summed E-state index contributed by atoms with van der Waals surface area (Å²) in [4.78, 5) is 0.0356. The van der Waals surface area contributed by atoms with Gasteiger partial charge in [-0.25, -0.2) is 13.1 Å². The highest BCUT2D eigenvalue weighted by molar-refractivity contribution is 7.89. The lowest BCUT2D eigenvalue weighted by atomic mass is 10.2. The van der Waals surface area contributed by atoms with Gasteiger partial charge in [-0.2, -0.15) is 0 Å². The summed E-state index contributed by atoms with van der Waals surface area (Å²) in [7, 11) is -3.62. The monoisotopic (exact) mass is 338 g/mol. The summed E-state index contributed by atoms with van der Waals surface area (Å²) >= 11 is 12.2. The summed E-state index contributed by atoms with van der Waals surface area (Å²) < 4.78 is 26.8. The van der Waals surface area contributed by atoms with Gasteiger partial charge in [0, 0.05) is 18.1 Å². The van der Waals surface area contributed by atoms with Gasteiger partial charge < -0.3 is 5.32 Å². The van der Waals surface area contributed by atoms with Gasteiger partial charge in [0.2, 0.25) is 10.0 Å². The Bertz CT molecular complexity index is 548. The second-order valence-corrected chi connectivity index (χ2v) is 7.00. The van der Waals surface area contributed by atoms with Crippen molar-refractivity contribution in [2.75, 3.05) is 13.1 Å². The van der Waals surface area contributed by atoms with Crippen LogP contribution in [0.2, 0.25) is 10.0 Å². The molecular weight excluding hydrogens is 319 g/mol. The zero-order valence-corrected chi connectivity index (χ0v) is 14.0. The van der Waals surface area contributed by atoms with Crippen LogP contribution in [-0.4, -0.2) is 21.5 Å². The summed E-state index contributed by atoms with van der Waals surface area (Å²) in [6, 6.07) is 3.07. The van der Waals surface area contributed by atoms with Gasteiger partial charge in [-0.1, -0.05) is 37.0 Å². The van der Waals surface area contributed by atoms with Gasteiger partial charge in [-0.15, -0.1) is 0 Å². The normalized spacial score (nSPS) is 11.8. The third-order valence-corrected chi connectivity index (χ3v) is 4.91. The van der Waals surface area contributed by atoms with Crippen LogP contribution in [0.5, 0.6) is 0 Å². The Morgan fingerprint density at radius 3 is 2.35 bits per heavy atom. The minimum atomic E-state index is -3.62. The third-order valence-electron chi connectivity index (χ3n) is 2.65. The van der Waals surface area contributed by atoms with Crippen molar-refractivity contribution in [3.8, 4) is 0 Å². The molecule has 0 atom stereocenters. The van der Waals surface area contributed by atoms with Gasteiger partial charge in [-0.05, 0) is 37.1 Å². The predicted octanol–water partition coefficient (Wildman–Crippen LogP) is 3.18. The van der Waals surface area contributed by atoms with Crippen LogP contribution in [0.15, 0.2) is 17.0 Å². The van der Waals surface area contributed by atoms with Crippen LogP contribution in [0.4, 0.5) is 0 Å². The first-order chi connectivity index (χ1) is 9.42. The van der Waals surface area contributed by atoms with Crippen LogP contribution >= 0.6 is 23.2 Å². The molecule has 20 heavy (non-hydrogen) atoms. The standard InChI is InChI=1S/C13H20Cl2N2O2S/c1-3-5-16-9-10-7-11(14)8-12(13(10)15)20(18,19)17-6-4-2/h7-8,16-17H,3-6,9H2,1-2H3. The van der Waals surface area contributed by atoms with E-state index in [9.17, 15) is 8.42 Å². The Kier molecular flexibility index (Phi) is 7.26. The summed E-state index contributed by atoms with van der Waals surface area (Å²) in [5, 5.41) is 3.77. The van der Waals surface area contributed by atoms with Crippen molar-refractivity contribution in [1.82, 2.24) is 10.0 Å². The lowest BCUT2D eigenvalue weighted by Crippen LogP contribution is -2.25. The number of benzene rings is 1. The van der Waals surface area contributed by atoms with Crippen LogP contribution in [0.3, 0.4) is 0 Å². The van der Waals surface area contributed by atoms with Crippen molar-refractivity contribution in [2.45, 2.75) is 38.1 Å². The number of nitrogens with one attached hydrogen (secondary N) is 2. The Morgan fingerprint density at radius 1 is 1.10 bits per heavy atom. The molecule has 0 aliphatic rings. The fraction of sp³-hybridized carbons (Fsp3) is 0.538. The van der Waals surface area contributed by atoms with Gasteiger partial charge >= 0.3 is 0 Å². The molecule has 0 saturated carbocycles. The fourth-order valence-corrected chi connectivity index (χ4v) is 3.72. The van der Waals surface area contributed by atoms with E-state index in [1.54, 1.807) is 6.07 Å². The van der Waals surface area contributed by atoms with Crippen LogP contribution in [0, 0.1) is 0 Å². The first-order valence-corrected chi connectivity index (χ1v) is 8.84. The number of hydrogen-bond donors (Lipinski definition) is 2. The smallest absolute Gasteiger partial charge is 0.242 e. The molecule has 0 aliphatic heterocycles. The molecule has 0 saturated heterocycles. The second-order valence-electron chi connectivity index (χ2n) is 4.45. The molecular formula is C13H20Cl2N2O2S. The first-order valence-electron chi connectivity index (χ1n) is 6.60. The summed E-state index contributed by atoms with van der Waals surface area (Å²) in [5.74, 6) is 0. The number of sulfonamides is 1. The Hall–Kier alpha value is -0.330. The van der Waals surface area contributed by atoms with E-state index < -0.39 is 10.0 Å². The van der Waals surface area contributed by atoms with Crippen molar-refractivity contribution in [2.24, 2.45) is 0 Å². The topological polar surface area (TPSA) is 58.2 Å². The molecule has 2 N–H and O–H groups in total. The van der Waals surface area contributed by atoms with Crippen LogP contribution < -0.4 is 10.0 Å². The quantitative estimate of drug-likeness (QED) is 0.715. The third kappa shape index (κ3) is 4.90. The van der Waals surface area contributed by atoms with Gasteiger partial charge in [0.25, 0.3) is 0 Å². The molecule has 7 heteroatoms. The summed E-state index contributed by atoms with van der Waals surface area (Å²) in [5.41, 5.74) is 0.685. The SMILES string of the molecule is CCCNCc1cc(Cl)cc(S(=O)(=O)NCCC)c1Cl. The molecule has 4 nitrogen and oxygen atoms in total. The average molecular weight is 339 g/mol. The molecule has 0 radical (unpaired) electrons. The van der Waals surface area contributed by atoms with Gasteiger partial charge in [0.05, 0.1) is 5.02 Å². The minimum Gasteiger partial charge on any atom is -0.313 e. The van der Waals surface area contributed by atoms with E-state index in [1.165, 1.54) is 6.07 Å². The number of rotatable bonds is 8. The first kappa shape index (κ1) is 17.7. The zero-order chi connectivity index (χ0) is 15.2. The van der Waals surface area contributed by atoms with Gasteiger partial charge in [-0.3, -0.25) is 0 Å². The Balaban J connectivity index is 3.08. The Morgan fingerprint density at radius 2 is 1.75 bits per heavy atom. The van der Waals surface area contributed by atoms with Crippen LogP contribution in [-0.2, 0) is 16.6 Å². The fourth-order valence-electron chi connectivity index (χ4n) is 1.66. The predicted molar refractivity (Wildman–Crippen MR) is 83.9 cm³/mol. The molecule has 0 fully saturated rings. The van der Waals surface area contributed by atoms with Crippen LogP contribution in [0.25, 0.3) is 0 Å². The van der Waals surface area contributed by atoms with Crippen LogP contribution in [0.1, 0.15) is 32.3 Å². The van der Waals surface area contributed by atoms with Crippen molar-refractivity contribution >= 4 is 33.2 Å². The van der Waals surface area contributed by atoms with Gasteiger partial charge in [0.1, 0.15) is 4.90 Å². The lowest BCUT2D eigenvalue weighted by molar-refractivity contribution is 0.580. The highest BCUT2D eigenvalue weighted by Gasteiger charge is 2.20. The average Bonchev–Trinajstić information content (AvgIpc) is 2.40. The number of halogens is 2. The van der Waals surface area contributed by atoms with E-state index in [0.717, 1.165) is 13.0 Å². The lowest BCUT2D eigenvalue weighted by Gasteiger charge is -2.12. The Labute approximate surface area is 130 Å². The molecule has 114 valence electrons. The van der Waals surface area contributed by atoms with Crippen molar-refractivity contribution in [3.05, 3.63) is 27.7 Å². The van der Waals surface area contributed by atoms with Crippen molar-refractivity contribution in [1.29, 1.82) is 0 Å². The molecule has 0 amide bonds. The highest BCUT2D eigenvalue weighted by atomic mass is 35.5. The maximum Gasteiger partial charge on any atom is 0.242 e. The molecule has 0 aromatic heterocycles. The molecule has 0 heterocycles. The van der Waals surface area contributed by atoms with E-state index in [0.29, 0.717) is 30.1 Å². The largest absolute Gasteiger partial charge is 0.313 e. The maximum atomic E-state index is 12.2. The molecule has 1 rings (SSSR count). The molecule has 1 aromatic carbocycles. The summed E-state index contributed by atoms with van der Waals surface area (Å²) in [6.45, 7) is 5.64. The molecule has 0 aliphatic carbocycles. The number of hydrogen-bond acceptors (Lipinski definition) is 3. The highest BCUT2D eigenvalue weighted by Crippen LogP contribution is 2.29.